The summed E-state index contributed by atoms with van der Waals surface area (Å²) in [7, 11) is 0. The number of ether oxygens (including phenoxy) is 1. The fourth-order valence-electron chi connectivity index (χ4n) is 4.47. The first-order valence-corrected chi connectivity index (χ1v) is 12.2. The molecule has 3 unspecified atom stereocenters. The Hall–Kier alpha value is -3.84. The fourth-order valence-corrected chi connectivity index (χ4v) is 4.47. The van der Waals surface area contributed by atoms with E-state index in [4.69, 9.17) is 4.74 Å². The highest BCUT2D eigenvalue weighted by Crippen LogP contribution is 2.31. The number of aromatic nitrogens is 1. The Morgan fingerprint density at radius 3 is 2.50 bits per heavy atom. The average molecular weight is 533 g/mol. The number of aliphatic hydroxyl groups excluding tert-OH is 1. The first-order valence-electron chi connectivity index (χ1n) is 12.2. The second-order valence-electron chi connectivity index (χ2n) is 9.20. The Labute approximate surface area is 218 Å². The number of halogens is 2. The van der Waals surface area contributed by atoms with Crippen molar-refractivity contribution in [3.05, 3.63) is 53.9 Å². The lowest BCUT2D eigenvalue weighted by atomic mass is 10.1. The molecule has 1 aromatic heterocycles. The summed E-state index contributed by atoms with van der Waals surface area (Å²) in [5, 5.41) is 15.7. The fraction of sp³-hybridized carbons (Fsp3) is 0.440. The van der Waals surface area contributed by atoms with Crippen molar-refractivity contribution >= 4 is 29.3 Å². The van der Waals surface area contributed by atoms with E-state index < -0.39 is 36.1 Å². The summed E-state index contributed by atoms with van der Waals surface area (Å²) in [6.07, 6.45) is 0.619. The lowest BCUT2D eigenvalue weighted by molar-refractivity contribution is -0.134. The van der Waals surface area contributed by atoms with Gasteiger partial charge in [-0.3, -0.25) is 24.8 Å². The van der Waals surface area contributed by atoms with E-state index in [9.17, 15) is 19.5 Å². The first kappa shape index (κ1) is 27.2. The summed E-state index contributed by atoms with van der Waals surface area (Å²) < 4.78 is 35.3. The van der Waals surface area contributed by atoms with Gasteiger partial charge in [0, 0.05) is 63.2 Å². The van der Waals surface area contributed by atoms with Crippen LogP contribution in [0.1, 0.15) is 25.6 Å². The van der Waals surface area contributed by atoms with Crippen molar-refractivity contribution < 1.29 is 33.0 Å². The van der Waals surface area contributed by atoms with Crippen molar-refractivity contribution in [2.24, 2.45) is 0 Å². The summed E-state index contributed by atoms with van der Waals surface area (Å²) in [6, 6.07) is 4.82. The lowest BCUT2D eigenvalue weighted by Gasteiger charge is -2.37. The molecule has 2 aromatic rings. The molecule has 0 radical (unpaired) electrons. The molecule has 0 bridgehead atoms. The predicted octanol–water partition coefficient (Wildman–Crippen LogP) is 1.14. The number of amides is 3. The Balaban J connectivity index is 1.35. The average Bonchev–Trinajstić information content (AvgIpc) is 3.28. The number of carbonyl (C=O) groups is 3. The predicted molar refractivity (Wildman–Crippen MR) is 133 cm³/mol. The molecule has 1 aromatic carbocycles. The third kappa shape index (κ3) is 6.17. The van der Waals surface area contributed by atoms with E-state index >= 15 is 8.78 Å². The topological polar surface area (TPSA) is 127 Å². The van der Waals surface area contributed by atoms with Crippen LogP contribution in [0, 0.1) is 11.6 Å². The van der Waals surface area contributed by atoms with Crippen LogP contribution < -0.4 is 20.4 Å². The molecule has 3 amide bonds. The molecule has 4 rings (SSSR count). The minimum absolute atomic E-state index is 0.0139. The highest BCUT2D eigenvalue weighted by molar-refractivity contribution is 5.90. The summed E-state index contributed by atoms with van der Waals surface area (Å²) in [4.78, 5) is 44.3. The van der Waals surface area contributed by atoms with Crippen LogP contribution in [0.5, 0.6) is 0 Å². The zero-order valence-corrected chi connectivity index (χ0v) is 21.1. The Bertz CT molecular complexity index is 1160. The Morgan fingerprint density at radius 2 is 1.89 bits per heavy atom. The number of rotatable bonds is 8. The molecule has 204 valence electrons. The minimum atomic E-state index is -1.07. The number of pyridine rings is 1. The second kappa shape index (κ2) is 11.7. The maximum atomic E-state index is 15.1. The monoisotopic (exact) mass is 532 g/mol. The number of carbonyl (C=O) groups excluding carboxylic acids is 3. The number of piperazine rings is 1. The van der Waals surface area contributed by atoms with Crippen LogP contribution in [0.15, 0.2) is 36.7 Å². The van der Waals surface area contributed by atoms with Crippen LogP contribution in [-0.2, 0) is 14.3 Å². The van der Waals surface area contributed by atoms with E-state index in [0.29, 0.717) is 5.56 Å². The highest BCUT2D eigenvalue weighted by atomic mass is 19.1. The molecule has 13 heteroatoms. The van der Waals surface area contributed by atoms with Gasteiger partial charge in [-0.05, 0) is 13.0 Å². The molecule has 3 atom stereocenters. The number of cyclic esters (lactones) is 1. The van der Waals surface area contributed by atoms with Gasteiger partial charge in [0.1, 0.15) is 18.0 Å². The summed E-state index contributed by atoms with van der Waals surface area (Å²) in [5.41, 5.74) is 0.304. The van der Waals surface area contributed by atoms with Crippen molar-refractivity contribution in [2.45, 2.75) is 32.2 Å². The molecule has 0 spiro atoms. The maximum Gasteiger partial charge on any atom is 0.414 e. The number of nitrogens with zero attached hydrogens (tertiary/aromatic N) is 4. The van der Waals surface area contributed by atoms with Crippen LogP contribution in [-0.4, -0.2) is 84.3 Å². The molecule has 3 heterocycles. The molecule has 38 heavy (non-hydrogen) atoms. The molecule has 11 nitrogen and oxygen atoms in total. The largest absolute Gasteiger partial charge is 0.442 e. The lowest BCUT2D eigenvalue weighted by Crippen LogP contribution is -2.54. The van der Waals surface area contributed by atoms with Crippen LogP contribution in [0.2, 0.25) is 0 Å². The standard InChI is InChI=1S/C25H30F2N6O5/c1-15(30-23(35)17-4-3-5-28-12-17)24(36)32-8-6-31(7-9-32)22-20(26)10-18(11-21(22)27)33-14-19(38-25(33)37)13-29-16(2)34/h3-5,10-12,15,19,23,30,35H,6-9,13-14H2,1-2H3,(H,29,34). The zero-order valence-electron chi connectivity index (χ0n) is 21.1. The summed E-state index contributed by atoms with van der Waals surface area (Å²) >= 11 is 0. The van der Waals surface area contributed by atoms with Gasteiger partial charge < -0.3 is 25.0 Å². The van der Waals surface area contributed by atoms with Gasteiger partial charge in [-0.2, -0.15) is 0 Å². The smallest absolute Gasteiger partial charge is 0.414 e. The first-order chi connectivity index (χ1) is 18.1. The third-order valence-electron chi connectivity index (χ3n) is 6.45. The summed E-state index contributed by atoms with van der Waals surface area (Å²) in [5.74, 6) is -2.21. The van der Waals surface area contributed by atoms with Crippen molar-refractivity contribution in [1.29, 1.82) is 0 Å². The van der Waals surface area contributed by atoms with Crippen molar-refractivity contribution in [1.82, 2.24) is 20.5 Å². The SMILES string of the molecule is CC(=O)NCC1CN(c2cc(F)c(N3CCN(C(=O)C(C)NC(O)c4cccnc4)CC3)c(F)c2)C(=O)O1. The van der Waals surface area contributed by atoms with E-state index in [2.05, 4.69) is 15.6 Å². The molecule has 2 fully saturated rings. The van der Waals surface area contributed by atoms with E-state index in [0.717, 1.165) is 17.0 Å². The molecule has 2 aliphatic heterocycles. The Kier molecular flexibility index (Phi) is 8.37. The zero-order chi connectivity index (χ0) is 27.4. The van der Waals surface area contributed by atoms with Gasteiger partial charge in [0.15, 0.2) is 11.6 Å². The van der Waals surface area contributed by atoms with Gasteiger partial charge in [-0.15, -0.1) is 0 Å². The van der Waals surface area contributed by atoms with Gasteiger partial charge in [0.2, 0.25) is 11.8 Å². The number of benzene rings is 1. The second-order valence-corrected chi connectivity index (χ2v) is 9.20. The Morgan fingerprint density at radius 1 is 1.21 bits per heavy atom. The van der Waals surface area contributed by atoms with Gasteiger partial charge in [0.05, 0.1) is 24.8 Å². The molecule has 0 saturated carbocycles. The maximum absolute atomic E-state index is 15.1. The molecule has 2 saturated heterocycles. The number of hydrogen-bond donors (Lipinski definition) is 3. The molecular weight excluding hydrogens is 502 g/mol. The number of aliphatic hydroxyl groups is 1. The van der Waals surface area contributed by atoms with Gasteiger partial charge >= 0.3 is 6.09 Å². The quantitative estimate of drug-likeness (QED) is 0.432. The van der Waals surface area contributed by atoms with E-state index in [1.165, 1.54) is 18.0 Å². The van der Waals surface area contributed by atoms with Crippen molar-refractivity contribution in [3.63, 3.8) is 0 Å². The van der Waals surface area contributed by atoms with Crippen LogP contribution in [0.4, 0.5) is 25.0 Å². The van der Waals surface area contributed by atoms with Crippen LogP contribution >= 0.6 is 0 Å². The molecule has 2 aliphatic rings. The molecule has 0 aliphatic carbocycles. The molecule has 3 N–H and O–H groups in total. The normalized spacial score (nSPS) is 19.2. The summed E-state index contributed by atoms with van der Waals surface area (Å²) in [6.45, 7) is 3.97. The van der Waals surface area contributed by atoms with Crippen molar-refractivity contribution in [3.8, 4) is 0 Å². The van der Waals surface area contributed by atoms with Crippen molar-refractivity contribution in [2.75, 3.05) is 49.1 Å². The third-order valence-corrected chi connectivity index (χ3v) is 6.45. The van der Waals surface area contributed by atoms with E-state index in [1.807, 2.05) is 0 Å². The highest BCUT2D eigenvalue weighted by Gasteiger charge is 2.34. The van der Waals surface area contributed by atoms with Gasteiger partial charge in [-0.25, -0.2) is 13.6 Å². The number of anilines is 2. The van der Waals surface area contributed by atoms with E-state index in [-0.39, 0.29) is 62.5 Å². The van der Waals surface area contributed by atoms with E-state index in [1.54, 1.807) is 30.2 Å². The number of hydrogen-bond acceptors (Lipinski definition) is 8. The van der Waals surface area contributed by atoms with Gasteiger partial charge in [-0.1, -0.05) is 6.07 Å². The number of nitrogens with one attached hydrogen (secondary N) is 2. The molecular formula is C25H30F2N6O5. The van der Waals surface area contributed by atoms with Crippen LogP contribution in [0.25, 0.3) is 0 Å². The minimum Gasteiger partial charge on any atom is -0.442 e. The van der Waals surface area contributed by atoms with Crippen LogP contribution in [0.3, 0.4) is 0 Å². The van der Waals surface area contributed by atoms with Gasteiger partial charge in [0.25, 0.3) is 0 Å².